The minimum atomic E-state index is -3.61. The number of aromatic carboxylic acids is 1. The maximum atomic E-state index is 10.7. The second-order valence-corrected chi connectivity index (χ2v) is 4.20. The van der Waals surface area contributed by atoms with E-state index in [1.807, 2.05) is 0 Å². The number of carboxylic acid groups (broad SMARTS) is 1. The second-order valence-electron chi connectivity index (χ2n) is 2.62. The van der Waals surface area contributed by atoms with E-state index >= 15 is 0 Å². The topological polar surface area (TPSA) is 80.7 Å². The van der Waals surface area contributed by atoms with E-state index in [0.717, 1.165) is 12.3 Å². The van der Waals surface area contributed by atoms with Gasteiger partial charge in [-0.05, 0) is 18.2 Å². The standard InChI is InChI=1S/C8H8O5S/c1-14(11,12)13-7-4-2-3-6(5-7)8(9)10/h2-5H,1H3,(H,9,10). The maximum absolute atomic E-state index is 10.7. The first-order valence-corrected chi connectivity index (χ1v) is 5.43. The van der Waals surface area contributed by atoms with Gasteiger partial charge >= 0.3 is 16.1 Å². The molecule has 0 fully saturated rings. The highest BCUT2D eigenvalue weighted by Crippen LogP contribution is 2.14. The molecule has 0 aliphatic rings. The fraction of sp³-hybridized carbons (Fsp3) is 0.125. The number of hydrogen-bond acceptors (Lipinski definition) is 4. The Kier molecular flexibility index (Phi) is 2.76. The lowest BCUT2D eigenvalue weighted by Crippen LogP contribution is -2.06. The van der Waals surface area contributed by atoms with Crippen molar-refractivity contribution in [3.05, 3.63) is 29.8 Å². The van der Waals surface area contributed by atoms with Gasteiger partial charge in [0.25, 0.3) is 0 Å². The van der Waals surface area contributed by atoms with Gasteiger partial charge in [-0.2, -0.15) is 8.42 Å². The smallest absolute Gasteiger partial charge is 0.335 e. The van der Waals surface area contributed by atoms with Crippen molar-refractivity contribution < 1.29 is 22.5 Å². The van der Waals surface area contributed by atoms with Crippen LogP contribution in [0.25, 0.3) is 0 Å². The second kappa shape index (κ2) is 3.67. The van der Waals surface area contributed by atoms with Crippen LogP contribution in [0.1, 0.15) is 10.4 Å². The van der Waals surface area contributed by atoms with E-state index in [0.29, 0.717) is 0 Å². The van der Waals surface area contributed by atoms with Crippen LogP contribution in [-0.2, 0) is 10.1 Å². The number of hydrogen-bond donors (Lipinski definition) is 1. The van der Waals surface area contributed by atoms with Gasteiger partial charge in [-0.1, -0.05) is 6.07 Å². The number of rotatable bonds is 3. The number of carboxylic acids is 1. The molecule has 1 aromatic rings. The summed E-state index contributed by atoms with van der Waals surface area (Å²) < 4.78 is 25.9. The van der Waals surface area contributed by atoms with E-state index in [9.17, 15) is 13.2 Å². The summed E-state index contributed by atoms with van der Waals surface area (Å²) in [6.07, 6.45) is 0.889. The van der Waals surface area contributed by atoms with Crippen LogP contribution in [0.2, 0.25) is 0 Å². The average Bonchev–Trinajstić information content (AvgIpc) is 2.01. The summed E-state index contributed by atoms with van der Waals surface area (Å²) in [5.74, 6) is -1.14. The third-order valence-corrected chi connectivity index (χ3v) is 1.82. The quantitative estimate of drug-likeness (QED) is 0.753. The minimum Gasteiger partial charge on any atom is -0.478 e. The largest absolute Gasteiger partial charge is 0.478 e. The third-order valence-electron chi connectivity index (χ3n) is 1.33. The molecule has 0 atom stereocenters. The van der Waals surface area contributed by atoms with Crippen LogP contribution in [0, 0.1) is 0 Å². The van der Waals surface area contributed by atoms with Gasteiger partial charge in [0.2, 0.25) is 0 Å². The summed E-state index contributed by atoms with van der Waals surface area (Å²) in [4.78, 5) is 10.5. The van der Waals surface area contributed by atoms with Crippen LogP contribution in [0.3, 0.4) is 0 Å². The number of benzene rings is 1. The van der Waals surface area contributed by atoms with Crippen molar-refractivity contribution in [2.24, 2.45) is 0 Å². The van der Waals surface area contributed by atoms with Crippen molar-refractivity contribution in [2.75, 3.05) is 6.26 Å². The van der Waals surface area contributed by atoms with Gasteiger partial charge in [0.1, 0.15) is 5.75 Å². The van der Waals surface area contributed by atoms with E-state index in [1.54, 1.807) is 0 Å². The minimum absolute atomic E-state index is 0.00704. The lowest BCUT2D eigenvalue weighted by molar-refractivity contribution is 0.0696. The van der Waals surface area contributed by atoms with Gasteiger partial charge in [0.05, 0.1) is 11.8 Å². The molecule has 1 N–H and O–H groups in total. The highest BCUT2D eigenvalue weighted by Gasteiger charge is 2.07. The molecule has 1 aromatic carbocycles. The molecule has 5 nitrogen and oxygen atoms in total. The van der Waals surface area contributed by atoms with Crippen molar-refractivity contribution >= 4 is 16.1 Å². The van der Waals surface area contributed by atoms with Gasteiger partial charge in [-0.25, -0.2) is 4.79 Å². The van der Waals surface area contributed by atoms with E-state index in [4.69, 9.17) is 5.11 Å². The summed E-state index contributed by atoms with van der Waals surface area (Å²) in [6, 6.07) is 5.26. The normalized spacial score (nSPS) is 10.9. The van der Waals surface area contributed by atoms with Crippen LogP contribution in [0.5, 0.6) is 5.75 Å². The molecule has 0 aliphatic heterocycles. The van der Waals surface area contributed by atoms with Crippen LogP contribution >= 0.6 is 0 Å². The SMILES string of the molecule is CS(=O)(=O)Oc1cccc(C(=O)O)c1. The van der Waals surface area contributed by atoms with Gasteiger partial charge in [-0.15, -0.1) is 0 Å². The lowest BCUT2D eigenvalue weighted by atomic mass is 10.2. The zero-order chi connectivity index (χ0) is 10.8. The fourth-order valence-corrected chi connectivity index (χ4v) is 1.31. The van der Waals surface area contributed by atoms with E-state index in [1.165, 1.54) is 18.2 Å². The van der Waals surface area contributed by atoms with Crippen LogP contribution in [-0.4, -0.2) is 25.7 Å². The Morgan fingerprint density at radius 3 is 2.57 bits per heavy atom. The van der Waals surface area contributed by atoms with Crippen LogP contribution < -0.4 is 4.18 Å². The Morgan fingerprint density at radius 2 is 2.07 bits per heavy atom. The number of carbonyl (C=O) groups is 1. The molecule has 0 heterocycles. The van der Waals surface area contributed by atoms with Crippen molar-refractivity contribution in [3.8, 4) is 5.75 Å². The molecule has 0 aliphatic carbocycles. The first kappa shape index (κ1) is 10.5. The van der Waals surface area contributed by atoms with E-state index in [-0.39, 0.29) is 11.3 Å². The lowest BCUT2D eigenvalue weighted by Gasteiger charge is -2.02. The summed E-state index contributed by atoms with van der Waals surface area (Å²) in [5, 5.41) is 8.60. The van der Waals surface area contributed by atoms with Gasteiger partial charge in [0, 0.05) is 0 Å². The Hall–Kier alpha value is -1.56. The van der Waals surface area contributed by atoms with Crippen molar-refractivity contribution in [1.82, 2.24) is 0 Å². The third kappa shape index (κ3) is 3.06. The molecule has 0 amide bonds. The average molecular weight is 216 g/mol. The summed E-state index contributed by atoms with van der Waals surface area (Å²) in [5.41, 5.74) is -0.0221. The molecular formula is C8H8O5S. The molecule has 0 spiro atoms. The summed E-state index contributed by atoms with van der Waals surface area (Å²) in [7, 11) is -3.61. The van der Waals surface area contributed by atoms with Crippen molar-refractivity contribution in [1.29, 1.82) is 0 Å². The zero-order valence-electron chi connectivity index (χ0n) is 7.30. The molecule has 0 bridgehead atoms. The first-order valence-electron chi connectivity index (χ1n) is 3.61. The van der Waals surface area contributed by atoms with E-state index in [2.05, 4.69) is 4.18 Å². The van der Waals surface area contributed by atoms with Crippen LogP contribution in [0.4, 0.5) is 0 Å². The molecule has 0 aromatic heterocycles. The Bertz CT molecular complexity index is 449. The highest BCUT2D eigenvalue weighted by molar-refractivity contribution is 7.86. The maximum Gasteiger partial charge on any atom is 0.335 e. The van der Waals surface area contributed by atoms with Gasteiger partial charge in [-0.3, -0.25) is 0 Å². The molecule has 0 radical (unpaired) electrons. The Morgan fingerprint density at radius 1 is 1.43 bits per heavy atom. The van der Waals surface area contributed by atoms with E-state index < -0.39 is 16.1 Å². The Balaban J connectivity index is 3.01. The summed E-state index contributed by atoms with van der Waals surface area (Å²) >= 11 is 0. The molecule has 1 rings (SSSR count). The molecule has 0 unspecified atom stereocenters. The summed E-state index contributed by atoms with van der Waals surface area (Å²) in [6.45, 7) is 0. The highest BCUT2D eigenvalue weighted by atomic mass is 32.2. The van der Waals surface area contributed by atoms with Gasteiger partial charge in [0.15, 0.2) is 0 Å². The molecule has 14 heavy (non-hydrogen) atoms. The predicted octanol–water partition coefficient (Wildman–Crippen LogP) is 0.723. The molecule has 6 heteroatoms. The predicted molar refractivity (Wildman–Crippen MR) is 48.9 cm³/mol. The van der Waals surface area contributed by atoms with Crippen molar-refractivity contribution in [2.45, 2.75) is 0 Å². The first-order chi connectivity index (χ1) is 6.38. The van der Waals surface area contributed by atoms with Gasteiger partial charge < -0.3 is 9.29 Å². The van der Waals surface area contributed by atoms with Crippen LogP contribution in [0.15, 0.2) is 24.3 Å². The molecule has 76 valence electrons. The van der Waals surface area contributed by atoms with Crippen molar-refractivity contribution in [3.63, 3.8) is 0 Å². The molecular weight excluding hydrogens is 208 g/mol. The molecule has 0 saturated heterocycles. The monoisotopic (exact) mass is 216 g/mol. The fourth-order valence-electron chi connectivity index (χ4n) is 0.856. The zero-order valence-corrected chi connectivity index (χ0v) is 8.11. The molecule has 0 saturated carbocycles. The Labute approximate surface area is 81.1 Å².